The van der Waals surface area contributed by atoms with Gasteiger partial charge in [0, 0.05) is 11.5 Å². The number of hydrogen-bond acceptors (Lipinski definition) is 8. The first-order valence-corrected chi connectivity index (χ1v) is 8.16. The smallest absolute Gasteiger partial charge is 0.325 e. The lowest BCUT2D eigenvalue weighted by atomic mass is 10.2. The molecule has 0 heterocycles. The minimum absolute atomic E-state index is 0.0709. The number of amides is 3. The second kappa shape index (κ2) is 11.1. The van der Waals surface area contributed by atoms with Gasteiger partial charge in [0.25, 0.3) is 0 Å². The third-order valence-electron chi connectivity index (χ3n) is 2.89. The van der Waals surface area contributed by atoms with Crippen molar-refractivity contribution in [2.75, 3.05) is 18.1 Å². The Labute approximate surface area is 149 Å². The molecule has 3 amide bonds. The number of carboxylic acid groups (broad SMARTS) is 1. The van der Waals surface area contributed by atoms with Crippen LogP contribution >= 0.6 is 25.3 Å². The number of thiol groups is 2. The van der Waals surface area contributed by atoms with Crippen LogP contribution in [0.25, 0.3) is 0 Å². The van der Waals surface area contributed by atoms with E-state index in [1.54, 1.807) is 0 Å². The van der Waals surface area contributed by atoms with Crippen LogP contribution in [0.4, 0.5) is 0 Å². The summed E-state index contributed by atoms with van der Waals surface area (Å²) < 4.78 is 0. The molecule has 0 radical (unpaired) electrons. The van der Waals surface area contributed by atoms with Crippen LogP contribution in [0.2, 0.25) is 0 Å². The van der Waals surface area contributed by atoms with Gasteiger partial charge in [-0.05, 0) is 6.92 Å². The first kappa shape index (κ1) is 22.5. The lowest BCUT2D eigenvalue weighted by molar-refractivity contribution is -0.142. The van der Waals surface area contributed by atoms with Gasteiger partial charge in [0.1, 0.15) is 18.1 Å². The van der Waals surface area contributed by atoms with Crippen molar-refractivity contribution in [2.24, 2.45) is 5.73 Å². The van der Waals surface area contributed by atoms with E-state index in [0.717, 1.165) is 0 Å². The average Bonchev–Trinajstić information content (AvgIpc) is 2.55. The van der Waals surface area contributed by atoms with Crippen LogP contribution in [-0.4, -0.2) is 76.2 Å². The van der Waals surface area contributed by atoms with Gasteiger partial charge < -0.3 is 31.9 Å². The number of nitrogens with two attached hydrogens (primary N) is 1. The molecule has 0 bridgehead atoms. The van der Waals surface area contributed by atoms with Crippen molar-refractivity contribution in [1.29, 1.82) is 0 Å². The van der Waals surface area contributed by atoms with Crippen molar-refractivity contribution in [3.05, 3.63) is 0 Å². The Balaban J connectivity index is 4.79. The summed E-state index contributed by atoms with van der Waals surface area (Å²) in [5.41, 5.74) is 5.47. The molecule has 0 rings (SSSR count). The highest BCUT2D eigenvalue weighted by atomic mass is 32.1. The summed E-state index contributed by atoms with van der Waals surface area (Å²) in [6, 6.07) is -4.59. The van der Waals surface area contributed by atoms with E-state index in [-0.39, 0.29) is 11.5 Å². The molecule has 12 heteroatoms. The minimum Gasteiger partial charge on any atom is -0.480 e. The van der Waals surface area contributed by atoms with Crippen LogP contribution in [0.15, 0.2) is 0 Å². The van der Waals surface area contributed by atoms with Gasteiger partial charge in [-0.15, -0.1) is 0 Å². The molecule has 0 aliphatic carbocycles. The summed E-state index contributed by atoms with van der Waals surface area (Å²) in [6.45, 7) is 0.472. The first-order valence-electron chi connectivity index (χ1n) is 6.89. The highest BCUT2D eigenvalue weighted by molar-refractivity contribution is 7.80. The molecular formula is C12H22N4O6S2. The molecule has 0 aliphatic rings. The number of aliphatic carboxylic acids is 1. The quantitative estimate of drug-likeness (QED) is 0.183. The summed E-state index contributed by atoms with van der Waals surface area (Å²) >= 11 is 7.80. The zero-order chi connectivity index (χ0) is 18.9. The maximum absolute atomic E-state index is 12.1. The molecule has 24 heavy (non-hydrogen) atoms. The number of rotatable bonds is 10. The Bertz CT molecular complexity index is 478. The van der Waals surface area contributed by atoms with Gasteiger partial charge in [0.2, 0.25) is 17.7 Å². The molecule has 0 aromatic carbocycles. The first-order chi connectivity index (χ1) is 11.2. The van der Waals surface area contributed by atoms with Crippen molar-refractivity contribution in [2.45, 2.75) is 31.1 Å². The molecule has 0 saturated heterocycles. The number of carboxylic acids is 1. The van der Waals surface area contributed by atoms with E-state index in [1.807, 2.05) is 0 Å². The number of hydrogen-bond donors (Lipinski definition) is 8. The SMILES string of the molecule is CC(NC(=O)C(CO)NC(=O)C(CS)NC(=O)C(N)CS)C(=O)O. The molecule has 0 aromatic rings. The molecule has 138 valence electrons. The Hall–Kier alpha value is -1.50. The van der Waals surface area contributed by atoms with Crippen LogP contribution < -0.4 is 21.7 Å². The predicted octanol–water partition coefficient (Wildman–Crippen LogP) is -3.28. The lowest BCUT2D eigenvalue weighted by Gasteiger charge is -2.22. The van der Waals surface area contributed by atoms with E-state index in [0.29, 0.717) is 0 Å². The largest absolute Gasteiger partial charge is 0.480 e. The lowest BCUT2D eigenvalue weighted by Crippen LogP contribution is -2.58. The Morgan fingerprint density at radius 2 is 1.46 bits per heavy atom. The number of aliphatic hydroxyl groups excluding tert-OH is 1. The van der Waals surface area contributed by atoms with Crippen LogP contribution in [0.5, 0.6) is 0 Å². The Morgan fingerprint density at radius 3 is 1.88 bits per heavy atom. The van der Waals surface area contributed by atoms with Gasteiger partial charge in [-0.25, -0.2) is 0 Å². The van der Waals surface area contributed by atoms with Crippen LogP contribution in [0.3, 0.4) is 0 Å². The zero-order valence-electron chi connectivity index (χ0n) is 12.9. The van der Waals surface area contributed by atoms with Gasteiger partial charge in [-0.2, -0.15) is 25.3 Å². The molecule has 0 spiro atoms. The Kier molecular flexibility index (Phi) is 10.4. The average molecular weight is 382 g/mol. The molecular weight excluding hydrogens is 360 g/mol. The second-order valence-electron chi connectivity index (χ2n) is 4.85. The number of carbonyl (C=O) groups excluding carboxylic acids is 3. The predicted molar refractivity (Wildman–Crippen MR) is 91.9 cm³/mol. The standard InChI is InChI=1S/C12H22N4O6S2/c1-5(12(21)22)14-10(19)7(2-17)15-11(20)8(4-24)16-9(18)6(13)3-23/h5-8,17,23-24H,2-4,13H2,1H3,(H,14,19)(H,15,20)(H,16,18)(H,21,22). The van der Waals surface area contributed by atoms with E-state index in [4.69, 9.17) is 10.8 Å². The van der Waals surface area contributed by atoms with Crippen LogP contribution in [0.1, 0.15) is 6.92 Å². The van der Waals surface area contributed by atoms with Crippen molar-refractivity contribution in [3.8, 4) is 0 Å². The zero-order valence-corrected chi connectivity index (χ0v) is 14.7. The summed E-state index contributed by atoms with van der Waals surface area (Å²) in [7, 11) is 0. The fourth-order valence-corrected chi connectivity index (χ4v) is 1.82. The summed E-state index contributed by atoms with van der Waals surface area (Å²) in [5, 5.41) is 24.6. The van der Waals surface area contributed by atoms with Crippen molar-refractivity contribution in [1.82, 2.24) is 16.0 Å². The molecule has 0 aromatic heterocycles. The van der Waals surface area contributed by atoms with Crippen molar-refractivity contribution in [3.63, 3.8) is 0 Å². The second-order valence-corrected chi connectivity index (χ2v) is 5.58. The normalized spacial score (nSPS) is 15.5. The maximum Gasteiger partial charge on any atom is 0.325 e. The monoisotopic (exact) mass is 382 g/mol. The topological polar surface area (TPSA) is 171 Å². The fraction of sp³-hybridized carbons (Fsp3) is 0.667. The van der Waals surface area contributed by atoms with Gasteiger partial charge >= 0.3 is 5.97 Å². The maximum atomic E-state index is 12.1. The van der Waals surface area contributed by atoms with Crippen LogP contribution in [0, 0.1) is 0 Å². The van der Waals surface area contributed by atoms with Gasteiger partial charge in [0.05, 0.1) is 12.6 Å². The molecule has 0 fully saturated rings. The van der Waals surface area contributed by atoms with Crippen molar-refractivity contribution >= 4 is 48.9 Å². The summed E-state index contributed by atoms with van der Waals surface area (Å²) in [4.78, 5) is 46.3. The number of carbonyl (C=O) groups is 4. The van der Waals surface area contributed by atoms with Crippen LogP contribution in [-0.2, 0) is 19.2 Å². The van der Waals surface area contributed by atoms with E-state index < -0.39 is 54.5 Å². The molecule has 4 unspecified atom stereocenters. The number of aliphatic hydroxyl groups is 1. The number of nitrogens with one attached hydrogen (secondary N) is 3. The van der Waals surface area contributed by atoms with E-state index in [1.165, 1.54) is 6.92 Å². The molecule has 0 saturated carbocycles. The van der Waals surface area contributed by atoms with Gasteiger partial charge in [0.15, 0.2) is 0 Å². The highest BCUT2D eigenvalue weighted by Gasteiger charge is 2.28. The van der Waals surface area contributed by atoms with Crippen molar-refractivity contribution < 1.29 is 29.4 Å². The van der Waals surface area contributed by atoms with Gasteiger partial charge in [-0.1, -0.05) is 0 Å². The Morgan fingerprint density at radius 1 is 0.958 bits per heavy atom. The van der Waals surface area contributed by atoms with Gasteiger partial charge in [-0.3, -0.25) is 19.2 Å². The fourth-order valence-electron chi connectivity index (χ4n) is 1.40. The summed E-state index contributed by atoms with van der Waals surface area (Å²) in [6.07, 6.45) is 0. The minimum atomic E-state index is -1.38. The molecule has 10 nitrogen and oxygen atoms in total. The highest BCUT2D eigenvalue weighted by Crippen LogP contribution is 1.95. The van der Waals surface area contributed by atoms with E-state index >= 15 is 0 Å². The summed E-state index contributed by atoms with van der Waals surface area (Å²) in [5.74, 6) is -3.56. The third-order valence-corrected chi connectivity index (χ3v) is 3.65. The molecule has 0 aliphatic heterocycles. The third kappa shape index (κ3) is 7.38. The van der Waals surface area contributed by atoms with E-state index in [2.05, 4.69) is 41.2 Å². The molecule has 4 atom stereocenters. The molecule has 7 N–H and O–H groups in total. The van der Waals surface area contributed by atoms with E-state index in [9.17, 15) is 24.3 Å².